The molecule has 0 aliphatic carbocycles. The van der Waals surface area contributed by atoms with Crippen LogP contribution in [0.3, 0.4) is 0 Å². The molecule has 3 heterocycles. The summed E-state index contributed by atoms with van der Waals surface area (Å²) in [4.78, 5) is 29.6. The Labute approximate surface area is 246 Å². The van der Waals surface area contributed by atoms with E-state index in [1.165, 1.54) is 11.1 Å². The van der Waals surface area contributed by atoms with E-state index in [4.69, 9.17) is 4.74 Å². The van der Waals surface area contributed by atoms with E-state index in [0.29, 0.717) is 25.4 Å². The molecule has 4 atom stereocenters. The van der Waals surface area contributed by atoms with Crippen LogP contribution in [0.1, 0.15) is 41.9 Å². The second-order valence-corrected chi connectivity index (χ2v) is 11.6. The van der Waals surface area contributed by atoms with Crippen LogP contribution in [0.15, 0.2) is 72.8 Å². The molecular formula is C33H38N6O3. The second kappa shape index (κ2) is 12.3. The van der Waals surface area contributed by atoms with Gasteiger partial charge in [-0.05, 0) is 85.0 Å². The van der Waals surface area contributed by atoms with Crippen molar-refractivity contribution in [2.24, 2.45) is 13.0 Å². The third kappa shape index (κ3) is 6.01. The minimum atomic E-state index is -0.514. The fourth-order valence-electron chi connectivity index (χ4n) is 6.49. The van der Waals surface area contributed by atoms with Gasteiger partial charge in [0.2, 0.25) is 11.8 Å². The van der Waals surface area contributed by atoms with Gasteiger partial charge in [0.25, 0.3) is 0 Å². The van der Waals surface area contributed by atoms with Gasteiger partial charge in [0.1, 0.15) is 17.3 Å². The number of amides is 2. The molecule has 9 heteroatoms. The summed E-state index contributed by atoms with van der Waals surface area (Å²) in [6, 6.07) is 23.5. The number of nitrogens with zero attached hydrogens (tertiary/aromatic N) is 4. The number of hydrogen-bond acceptors (Lipinski definition) is 6. The highest BCUT2D eigenvalue weighted by atomic mass is 16.5. The second-order valence-electron chi connectivity index (χ2n) is 11.6. The third-order valence-electron chi connectivity index (χ3n) is 8.77. The lowest BCUT2D eigenvalue weighted by atomic mass is 9.86. The summed E-state index contributed by atoms with van der Waals surface area (Å²) < 4.78 is 7.04. The summed E-state index contributed by atoms with van der Waals surface area (Å²) >= 11 is 0. The zero-order valence-electron chi connectivity index (χ0n) is 24.2. The van der Waals surface area contributed by atoms with Crippen molar-refractivity contribution in [1.82, 2.24) is 30.5 Å². The standard InChI is InChI=1S/C33H38N6O3/c1-38-30-13-10-23(17-28(30)36-37-38)20-35-32(40)31-18-24(16-22-8-11-27(42-2)12-9-22)21-39(31)33(41)29-19-26(14-15-34-29)25-6-4-3-5-7-25/h3-13,17,24,26,29,31,34H,14-16,18-21H2,1-2H3,(H,35,40). The van der Waals surface area contributed by atoms with Gasteiger partial charge in [0, 0.05) is 20.1 Å². The molecule has 3 aromatic carbocycles. The molecule has 2 saturated heterocycles. The number of carbonyl (C=O) groups excluding carboxylic acids is 2. The molecule has 1 aromatic heterocycles. The van der Waals surface area contributed by atoms with Gasteiger partial charge < -0.3 is 20.3 Å². The van der Waals surface area contributed by atoms with Crippen molar-refractivity contribution in [2.45, 2.75) is 50.2 Å². The molecule has 2 aliphatic rings. The smallest absolute Gasteiger partial charge is 0.243 e. The van der Waals surface area contributed by atoms with Crippen molar-refractivity contribution in [3.8, 4) is 5.75 Å². The van der Waals surface area contributed by atoms with E-state index in [2.05, 4.69) is 57.3 Å². The topological polar surface area (TPSA) is 101 Å². The van der Waals surface area contributed by atoms with Gasteiger partial charge in [-0.2, -0.15) is 0 Å². The Bertz CT molecular complexity index is 1540. The van der Waals surface area contributed by atoms with E-state index in [1.54, 1.807) is 11.8 Å². The van der Waals surface area contributed by atoms with Crippen LogP contribution in [0.25, 0.3) is 11.0 Å². The first kappa shape index (κ1) is 27.9. The average Bonchev–Trinajstić information content (AvgIpc) is 3.63. The largest absolute Gasteiger partial charge is 0.497 e. The van der Waals surface area contributed by atoms with Crippen molar-refractivity contribution in [2.75, 3.05) is 20.2 Å². The van der Waals surface area contributed by atoms with Gasteiger partial charge in [-0.15, -0.1) is 5.10 Å². The predicted molar refractivity (Wildman–Crippen MR) is 161 cm³/mol. The first-order valence-corrected chi connectivity index (χ1v) is 14.8. The molecule has 4 unspecified atom stereocenters. The number of methoxy groups -OCH3 is 1. The zero-order valence-corrected chi connectivity index (χ0v) is 24.2. The SMILES string of the molecule is COc1ccc(CC2CC(C(=O)NCc3ccc4c(c3)nnn4C)N(C(=O)C3CC(c4ccccc4)CCN3)C2)cc1. The molecule has 4 aromatic rings. The maximum atomic E-state index is 14.0. The molecule has 2 aliphatic heterocycles. The first-order chi connectivity index (χ1) is 20.5. The van der Waals surface area contributed by atoms with Crippen molar-refractivity contribution >= 4 is 22.8 Å². The Morgan fingerprint density at radius 3 is 2.60 bits per heavy atom. The van der Waals surface area contributed by atoms with Crippen molar-refractivity contribution < 1.29 is 14.3 Å². The van der Waals surface area contributed by atoms with Crippen LogP contribution in [-0.2, 0) is 29.6 Å². The molecule has 0 spiro atoms. The quantitative estimate of drug-likeness (QED) is 0.338. The number of hydrogen-bond donors (Lipinski definition) is 2. The van der Waals surface area contributed by atoms with Crippen LogP contribution >= 0.6 is 0 Å². The van der Waals surface area contributed by atoms with E-state index in [-0.39, 0.29) is 23.8 Å². The average molecular weight is 567 g/mol. The summed E-state index contributed by atoms with van der Waals surface area (Å²) in [6.45, 7) is 1.70. The summed E-state index contributed by atoms with van der Waals surface area (Å²) in [5, 5.41) is 14.8. The molecule has 9 nitrogen and oxygen atoms in total. The minimum Gasteiger partial charge on any atom is -0.497 e. The summed E-state index contributed by atoms with van der Waals surface area (Å²) in [7, 11) is 3.51. The predicted octanol–water partition coefficient (Wildman–Crippen LogP) is 3.59. The molecule has 2 amide bonds. The number of benzene rings is 3. The summed E-state index contributed by atoms with van der Waals surface area (Å²) in [5.41, 5.74) is 5.11. The molecule has 0 saturated carbocycles. The van der Waals surface area contributed by atoms with E-state index in [1.807, 2.05) is 48.3 Å². The number of aromatic nitrogens is 3. The van der Waals surface area contributed by atoms with Gasteiger partial charge in [0.05, 0.1) is 18.7 Å². The van der Waals surface area contributed by atoms with Crippen LogP contribution in [0.5, 0.6) is 5.75 Å². The maximum absolute atomic E-state index is 14.0. The highest BCUT2D eigenvalue weighted by Crippen LogP contribution is 2.32. The lowest BCUT2D eigenvalue weighted by molar-refractivity contribution is -0.140. The Kier molecular flexibility index (Phi) is 8.19. The fourth-order valence-corrected chi connectivity index (χ4v) is 6.49. The number of fused-ring (bicyclic) bond motifs is 1. The van der Waals surface area contributed by atoms with E-state index in [9.17, 15) is 9.59 Å². The van der Waals surface area contributed by atoms with Crippen molar-refractivity contribution in [3.63, 3.8) is 0 Å². The molecule has 2 fully saturated rings. The molecule has 0 bridgehead atoms. The molecule has 42 heavy (non-hydrogen) atoms. The van der Waals surface area contributed by atoms with Crippen molar-refractivity contribution in [1.29, 1.82) is 0 Å². The summed E-state index contributed by atoms with van der Waals surface area (Å²) in [6.07, 6.45) is 3.15. The molecule has 218 valence electrons. The molecule has 0 radical (unpaired) electrons. The van der Waals surface area contributed by atoms with E-state index < -0.39 is 6.04 Å². The number of carbonyl (C=O) groups is 2. The first-order valence-electron chi connectivity index (χ1n) is 14.8. The number of rotatable bonds is 8. The van der Waals surface area contributed by atoms with Crippen LogP contribution in [0.4, 0.5) is 0 Å². The Morgan fingerprint density at radius 2 is 1.81 bits per heavy atom. The summed E-state index contributed by atoms with van der Waals surface area (Å²) in [5.74, 6) is 1.23. The van der Waals surface area contributed by atoms with E-state index in [0.717, 1.165) is 48.2 Å². The molecular weight excluding hydrogens is 528 g/mol. The Balaban J connectivity index is 1.17. The van der Waals surface area contributed by atoms with Gasteiger partial charge >= 0.3 is 0 Å². The Morgan fingerprint density at radius 1 is 1.02 bits per heavy atom. The Hall–Kier alpha value is -4.24. The zero-order chi connectivity index (χ0) is 29.1. The van der Waals surface area contributed by atoms with Crippen LogP contribution in [-0.4, -0.2) is 64.0 Å². The normalized spacial score (nSPS) is 22.3. The number of nitrogens with one attached hydrogen (secondary N) is 2. The van der Waals surface area contributed by atoms with E-state index >= 15 is 0 Å². The number of aryl methyl sites for hydroxylation is 1. The fraction of sp³-hybridized carbons (Fsp3) is 0.394. The monoisotopic (exact) mass is 566 g/mol. The third-order valence-corrected chi connectivity index (χ3v) is 8.77. The van der Waals surface area contributed by atoms with Crippen LogP contribution in [0, 0.1) is 5.92 Å². The van der Waals surface area contributed by atoms with Gasteiger partial charge in [-0.1, -0.05) is 53.7 Å². The molecule has 6 rings (SSSR count). The number of likely N-dealkylation sites (tertiary alicyclic amines) is 1. The van der Waals surface area contributed by atoms with Crippen molar-refractivity contribution in [3.05, 3.63) is 89.5 Å². The van der Waals surface area contributed by atoms with Gasteiger partial charge in [0.15, 0.2) is 0 Å². The minimum absolute atomic E-state index is 0.0222. The lowest BCUT2D eigenvalue weighted by Crippen LogP contribution is -2.54. The highest BCUT2D eigenvalue weighted by Gasteiger charge is 2.42. The molecule has 2 N–H and O–H groups in total. The maximum Gasteiger partial charge on any atom is 0.243 e. The number of ether oxygens (including phenoxy) is 1. The number of piperidine rings is 1. The highest BCUT2D eigenvalue weighted by molar-refractivity contribution is 5.90. The van der Waals surface area contributed by atoms with Gasteiger partial charge in [-0.3, -0.25) is 9.59 Å². The van der Waals surface area contributed by atoms with Gasteiger partial charge in [-0.25, -0.2) is 4.68 Å². The van der Waals surface area contributed by atoms with Crippen LogP contribution < -0.4 is 15.4 Å². The lowest BCUT2D eigenvalue weighted by Gasteiger charge is -2.34. The van der Waals surface area contributed by atoms with Crippen LogP contribution in [0.2, 0.25) is 0 Å².